The molecule has 2 rings (SSSR count). The van der Waals surface area contributed by atoms with Crippen molar-refractivity contribution >= 4 is 6.09 Å². The Hall–Kier alpha value is -1.56. The van der Waals surface area contributed by atoms with E-state index in [1.54, 1.807) is 4.90 Å². The summed E-state index contributed by atoms with van der Waals surface area (Å²) in [4.78, 5) is 15.7. The van der Waals surface area contributed by atoms with Gasteiger partial charge in [0.1, 0.15) is 0 Å². The van der Waals surface area contributed by atoms with Gasteiger partial charge in [-0.3, -0.25) is 10.00 Å². The van der Waals surface area contributed by atoms with E-state index in [0.29, 0.717) is 6.61 Å². The fraction of sp³-hybridized carbons (Fsp3) is 0.692. The van der Waals surface area contributed by atoms with Gasteiger partial charge in [0, 0.05) is 32.4 Å². The second kappa shape index (κ2) is 7.13. The number of H-pyrrole nitrogens is 1. The number of aryl methyl sites for hydroxylation is 1. The van der Waals surface area contributed by atoms with E-state index in [4.69, 9.17) is 4.74 Å². The van der Waals surface area contributed by atoms with Crippen molar-refractivity contribution in [1.29, 1.82) is 0 Å². The fourth-order valence-electron chi connectivity index (χ4n) is 2.29. The number of aromatic nitrogens is 2. The molecule has 0 unspecified atom stereocenters. The lowest BCUT2D eigenvalue weighted by molar-refractivity contribution is 0.0794. The van der Waals surface area contributed by atoms with Gasteiger partial charge in [-0.25, -0.2) is 4.79 Å². The van der Waals surface area contributed by atoms with E-state index in [-0.39, 0.29) is 6.09 Å². The summed E-state index contributed by atoms with van der Waals surface area (Å²) in [5.41, 5.74) is 1.25. The monoisotopic (exact) mass is 266 g/mol. The summed E-state index contributed by atoms with van der Waals surface area (Å²) in [7, 11) is 0. The number of ether oxygens (including phenoxy) is 1. The van der Waals surface area contributed by atoms with Gasteiger partial charge >= 0.3 is 6.09 Å². The Kier molecular flexibility index (Phi) is 5.20. The largest absolute Gasteiger partial charge is 0.450 e. The minimum Gasteiger partial charge on any atom is -0.450 e. The summed E-state index contributed by atoms with van der Waals surface area (Å²) in [6.45, 7) is 6.76. The Morgan fingerprint density at radius 2 is 2.21 bits per heavy atom. The van der Waals surface area contributed by atoms with Gasteiger partial charge < -0.3 is 9.64 Å². The molecule has 1 amide bonds. The zero-order valence-corrected chi connectivity index (χ0v) is 11.5. The van der Waals surface area contributed by atoms with Crippen molar-refractivity contribution in [2.45, 2.75) is 19.8 Å². The first kappa shape index (κ1) is 13.9. The highest BCUT2D eigenvalue weighted by atomic mass is 16.6. The van der Waals surface area contributed by atoms with E-state index >= 15 is 0 Å². The Bertz CT molecular complexity index is 372. The third kappa shape index (κ3) is 4.24. The number of nitrogens with zero attached hydrogens (tertiary/aromatic N) is 3. The summed E-state index contributed by atoms with van der Waals surface area (Å²) >= 11 is 0. The average molecular weight is 266 g/mol. The van der Waals surface area contributed by atoms with E-state index in [2.05, 4.69) is 15.1 Å². The maximum atomic E-state index is 11.5. The van der Waals surface area contributed by atoms with Crippen LogP contribution in [0.4, 0.5) is 4.79 Å². The molecule has 2 heterocycles. The van der Waals surface area contributed by atoms with Gasteiger partial charge in [-0.05, 0) is 31.9 Å². The number of carbonyl (C=O) groups is 1. The molecule has 1 N–H and O–H groups in total. The highest BCUT2D eigenvalue weighted by Gasteiger charge is 2.21. The first-order chi connectivity index (χ1) is 9.29. The summed E-state index contributed by atoms with van der Waals surface area (Å²) in [6, 6.07) is 0. The molecule has 0 aromatic carbocycles. The van der Waals surface area contributed by atoms with Crippen LogP contribution < -0.4 is 0 Å². The highest BCUT2D eigenvalue weighted by Crippen LogP contribution is 2.06. The number of carbonyl (C=O) groups excluding carboxylic acids is 1. The SMILES string of the molecule is CCOC(=O)N1CCN(CCCc2cn[nH]c2)CC1. The molecule has 1 aliphatic rings. The number of rotatable bonds is 5. The lowest BCUT2D eigenvalue weighted by Crippen LogP contribution is -2.49. The van der Waals surface area contributed by atoms with E-state index < -0.39 is 0 Å². The van der Waals surface area contributed by atoms with Crippen molar-refractivity contribution in [2.75, 3.05) is 39.3 Å². The van der Waals surface area contributed by atoms with Crippen LogP contribution in [-0.2, 0) is 11.2 Å². The van der Waals surface area contributed by atoms with Crippen LogP contribution in [0.25, 0.3) is 0 Å². The number of piperazine rings is 1. The van der Waals surface area contributed by atoms with Crippen molar-refractivity contribution in [3.05, 3.63) is 18.0 Å². The second-order valence-electron chi connectivity index (χ2n) is 4.74. The highest BCUT2D eigenvalue weighted by molar-refractivity contribution is 5.67. The molecule has 0 aliphatic carbocycles. The smallest absolute Gasteiger partial charge is 0.409 e. The first-order valence-corrected chi connectivity index (χ1v) is 6.91. The van der Waals surface area contributed by atoms with E-state index in [9.17, 15) is 4.79 Å². The molecule has 1 aromatic heterocycles. The number of amides is 1. The molecule has 0 bridgehead atoms. The van der Waals surface area contributed by atoms with E-state index in [1.807, 2.05) is 19.3 Å². The molecule has 1 saturated heterocycles. The number of hydrogen-bond donors (Lipinski definition) is 1. The normalized spacial score (nSPS) is 16.6. The minimum atomic E-state index is -0.180. The molecule has 1 aromatic rings. The van der Waals surface area contributed by atoms with Gasteiger partial charge in [0.25, 0.3) is 0 Å². The molecule has 6 nitrogen and oxygen atoms in total. The zero-order valence-electron chi connectivity index (χ0n) is 11.5. The molecule has 1 fully saturated rings. The average Bonchev–Trinajstić information content (AvgIpc) is 2.93. The van der Waals surface area contributed by atoms with Gasteiger partial charge in [0.05, 0.1) is 12.8 Å². The first-order valence-electron chi connectivity index (χ1n) is 6.91. The fourth-order valence-corrected chi connectivity index (χ4v) is 2.29. The van der Waals surface area contributed by atoms with Gasteiger partial charge in [-0.1, -0.05) is 0 Å². The number of aromatic amines is 1. The third-order valence-corrected chi connectivity index (χ3v) is 3.39. The van der Waals surface area contributed by atoms with Crippen molar-refractivity contribution < 1.29 is 9.53 Å². The maximum Gasteiger partial charge on any atom is 0.409 e. The predicted octanol–water partition coefficient (Wildman–Crippen LogP) is 1.12. The Morgan fingerprint density at radius 1 is 1.42 bits per heavy atom. The molecule has 0 atom stereocenters. The van der Waals surface area contributed by atoms with Crippen molar-refractivity contribution in [3.63, 3.8) is 0 Å². The number of hydrogen-bond acceptors (Lipinski definition) is 4. The molecule has 6 heteroatoms. The van der Waals surface area contributed by atoms with Crippen LogP contribution in [0, 0.1) is 0 Å². The van der Waals surface area contributed by atoms with Gasteiger partial charge in [0.2, 0.25) is 0 Å². The summed E-state index contributed by atoms with van der Waals surface area (Å²) in [5.74, 6) is 0. The van der Waals surface area contributed by atoms with Gasteiger partial charge in [0.15, 0.2) is 0 Å². The number of nitrogens with one attached hydrogen (secondary N) is 1. The van der Waals surface area contributed by atoms with Crippen LogP contribution in [0.2, 0.25) is 0 Å². The lowest BCUT2D eigenvalue weighted by Gasteiger charge is -2.33. The summed E-state index contributed by atoms with van der Waals surface area (Å²) in [6.07, 6.45) is 5.81. The molecular weight excluding hydrogens is 244 g/mol. The van der Waals surface area contributed by atoms with Gasteiger partial charge in [-0.2, -0.15) is 5.10 Å². The molecule has 0 spiro atoms. The van der Waals surface area contributed by atoms with Crippen LogP contribution in [0.15, 0.2) is 12.4 Å². The Balaban J connectivity index is 1.62. The summed E-state index contributed by atoms with van der Waals surface area (Å²) < 4.78 is 5.00. The van der Waals surface area contributed by atoms with E-state index in [0.717, 1.165) is 45.6 Å². The van der Waals surface area contributed by atoms with Crippen LogP contribution in [0.1, 0.15) is 18.9 Å². The zero-order chi connectivity index (χ0) is 13.5. The van der Waals surface area contributed by atoms with Crippen LogP contribution >= 0.6 is 0 Å². The Morgan fingerprint density at radius 3 is 2.84 bits per heavy atom. The quantitative estimate of drug-likeness (QED) is 0.867. The Labute approximate surface area is 113 Å². The van der Waals surface area contributed by atoms with Crippen molar-refractivity contribution in [2.24, 2.45) is 0 Å². The molecule has 0 saturated carbocycles. The van der Waals surface area contributed by atoms with Crippen molar-refractivity contribution in [3.8, 4) is 0 Å². The van der Waals surface area contributed by atoms with Gasteiger partial charge in [-0.15, -0.1) is 0 Å². The third-order valence-electron chi connectivity index (χ3n) is 3.39. The second-order valence-corrected chi connectivity index (χ2v) is 4.74. The molecule has 106 valence electrons. The standard InChI is InChI=1S/C13H22N4O2/c1-2-19-13(18)17-8-6-16(7-9-17)5-3-4-12-10-14-15-11-12/h10-11H,2-9H2,1H3,(H,14,15). The minimum absolute atomic E-state index is 0.180. The molecule has 19 heavy (non-hydrogen) atoms. The van der Waals surface area contributed by atoms with Crippen LogP contribution in [0.5, 0.6) is 0 Å². The van der Waals surface area contributed by atoms with E-state index in [1.165, 1.54) is 5.56 Å². The topological polar surface area (TPSA) is 61.5 Å². The van der Waals surface area contributed by atoms with Crippen LogP contribution in [0.3, 0.4) is 0 Å². The molecular formula is C13H22N4O2. The van der Waals surface area contributed by atoms with Crippen molar-refractivity contribution in [1.82, 2.24) is 20.0 Å². The molecule has 1 aliphatic heterocycles. The summed E-state index contributed by atoms with van der Waals surface area (Å²) in [5, 5.41) is 6.76. The lowest BCUT2D eigenvalue weighted by atomic mass is 10.2. The van der Waals surface area contributed by atoms with Crippen LogP contribution in [-0.4, -0.2) is 65.4 Å². The maximum absolute atomic E-state index is 11.5. The predicted molar refractivity (Wildman–Crippen MR) is 71.9 cm³/mol. The molecule has 0 radical (unpaired) electrons.